The molecule has 0 radical (unpaired) electrons. The second-order valence-corrected chi connectivity index (χ2v) is 5.71. The van der Waals surface area contributed by atoms with Crippen molar-refractivity contribution in [3.63, 3.8) is 0 Å². The highest BCUT2D eigenvalue weighted by molar-refractivity contribution is 6.29. The molecule has 4 nitrogen and oxygen atoms in total. The number of benzene rings is 1. The molecular weight excluding hydrogens is 367 g/mol. The van der Waals surface area contributed by atoms with Crippen LogP contribution in [-0.2, 0) is 6.18 Å². The molecule has 132 valence electrons. The summed E-state index contributed by atoms with van der Waals surface area (Å²) in [4.78, 5) is 20.0. The minimum Gasteiger partial charge on any atom is -0.322 e. The van der Waals surface area contributed by atoms with E-state index in [-0.39, 0.29) is 16.8 Å². The number of amides is 1. The minimum absolute atomic E-state index is 0.174. The highest BCUT2D eigenvalue weighted by atomic mass is 35.5. The smallest absolute Gasteiger partial charge is 0.322 e. The Hall–Kier alpha value is -2.93. The maximum absolute atomic E-state index is 12.8. The van der Waals surface area contributed by atoms with E-state index in [0.717, 1.165) is 18.3 Å². The lowest BCUT2D eigenvalue weighted by Gasteiger charge is -2.09. The lowest BCUT2D eigenvalue weighted by atomic mass is 10.1. The zero-order valence-corrected chi connectivity index (χ0v) is 13.8. The van der Waals surface area contributed by atoms with Gasteiger partial charge in [0.15, 0.2) is 0 Å². The highest BCUT2D eigenvalue weighted by Gasteiger charge is 2.30. The average molecular weight is 378 g/mol. The topological polar surface area (TPSA) is 54.9 Å². The summed E-state index contributed by atoms with van der Waals surface area (Å²) in [5.41, 5.74) is 0.693. The van der Waals surface area contributed by atoms with Crippen LogP contribution in [0.15, 0.2) is 60.9 Å². The number of alkyl halides is 3. The predicted molar refractivity (Wildman–Crippen MR) is 91.9 cm³/mol. The van der Waals surface area contributed by atoms with E-state index < -0.39 is 11.7 Å². The van der Waals surface area contributed by atoms with Gasteiger partial charge in [-0.1, -0.05) is 23.7 Å². The van der Waals surface area contributed by atoms with E-state index in [1.54, 1.807) is 6.07 Å². The largest absolute Gasteiger partial charge is 0.416 e. The quantitative estimate of drug-likeness (QED) is 0.648. The maximum atomic E-state index is 12.8. The third-order valence-corrected chi connectivity index (χ3v) is 3.72. The Morgan fingerprint density at radius 1 is 0.962 bits per heavy atom. The Balaban J connectivity index is 1.79. The third-order valence-electron chi connectivity index (χ3n) is 3.51. The fourth-order valence-corrected chi connectivity index (χ4v) is 2.41. The molecule has 3 aromatic rings. The second-order valence-electron chi connectivity index (χ2n) is 5.33. The van der Waals surface area contributed by atoms with Gasteiger partial charge in [-0.2, -0.15) is 13.2 Å². The van der Waals surface area contributed by atoms with E-state index in [4.69, 9.17) is 11.6 Å². The van der Waals surface area contributed by atoms with Crippen molar-refractivity contribution in [2.75, 3.05) is 5.32 Å². The number of nitrogens with zero attached hydrogens (tertiary/aromatic N) is 2. The first-order chi connectivity index (χ1) is 12.3. The van der Waals surface area contributed by atoms with Crippen molar-refractivity contribution in [2.24, 2.45) is 0 Å². The summed E-state index contributed by atoms with van der Waals surface area (Å²) in [6.07, 6.45) is -1.88. The molecule has 0 bridgehead atoms. The fourth-order valence-electron chi connectivity index (χ4n) is 2.24. The summed E-state index contributed by atoms with van der Waals surface area (Å²) < 4.78 is 38.4. The van der Waals surface area contributed by atoms with E-state index in [1.165, 1.54) is 36.5 Å². The van der Waals surface area contributed by atoms with Crippen molar-refractivity contribution >= 4 is 23.2 Å². The number of halogens is 4. The van der Waals surface area contributed by atoms with Gasteiger partial charge in [0.25, 0.3) is 5.91 Å². The first kappa shape index (κ1) is 17.9. The van der Waals surface area contributed by atoms with Gasteiger partial charge in [-0.15, -0.1) is 0 Å². The van der Waals surface area contributed by atoms with Crippen molar-refractivity contribution in [2.45, 2.75) is 6.18 Å². The molecule has 0 saturated carbocycles. The molecule has 2 heterocycles. The molecule has 0 aliphatic carbocycles. The van der Waals surface area contributed by atoms with Crippen LogP contribution in [0, 0.1) is 0 Å². The van der Waals surface area contributed by atoms with Gasteiger partial charge < -0.3 is 5.32 Å². The van der Waals surface area contributed by atoms with Crippen LogP contribution in [0.25, 0.3) is 11.3 Å². The van der Waals surface area contributed by atoms with Crippen molar-refractivity contribution in [1.29, 1.82) is 0 Å². The SMILES string of the molecule is O=C(Nc1ccnc(Cl)c1)c1ccc(-c2cc(C(F)(F)F)ccn2)cc1. The molecule has 0 atom stereocenters. The molecule has 3 rings (SSSR count). The zero-order chi connectivity index (χ0) is 18.7. The Bertz CT molecular complexity index is 943. The van der Waals surface area contributed by atoms with Crippen molar-refractivity contribution in [3.8, 4) is 11.3 Å². The van der Waals surface area contributed by atoms with Crippen LogP contribution in [0.3, 0.4) is 0 Å². The third kappa shape index (κ3) is 4.18. The van der Waals surface area contributed by atoms with Gasteiger partial charge in [0, 0.05) is 29.2 Å². The monoisotopic (exact) mass is 377 g/mol. The van der Waals surface area contributed by atoms with Gasteiger partial charge >= 0.3 is 6.18 Å². The van der Waals surface area contributed by atoms with Gasteiger partial charge in [-0.25, -0.2) is 4.98 Å². The standard InChI is InChI=1S/C18H11ClF3N3O/c19-16-10-14(6-8-24-16)25-17(26)12-3-1-11(2-4-12)15-9-13(5-7-23-15)18(20,21)22/h1-10H,(H,24,25,26). The first-order valence-electron chi connectivity index (χ1n) is 7.39. The highest BCUT2D eigenvalue weighted by Crippen LogP contribution is 2.31. The Labute approximate surface area is 151 Å². The number of anilines is 1. The van der Waals surface area contributed by atoms with Crippen molar-refractivity contribution < 1.29 is 18.0 Å². The van der Waals surface area contributed by atoms with E-state index in [2.05, 4.69) is 15.3 Å². The molecule has 0 unspecified atom stereocenters. The minimum atomic E-state index is -4.44. The summed E-state index contributed by atoms with van der Waals surface area (Å²) >= 11 is 5.76. The molecule has 26 heavy (non-hydrogen) atoms. The zero-order valence-electron chi connectivity index (χ0n) is 13.1. The van der Waals surface area contributed by atoms with Crippen LogP contribution in [-0.4, -0.2) is 15.9 Å². The fraction of sp³-hybridized carbons (Fsp3) is 0.0556. The van der Waals surface area contributed by atoms with E-state index in [1.807, 2.05) is 0 Å². The van der Waals surface area contributed by atoms with Gasteiger partial charge in [-0.05, 0) is 36.4 Å². The molecule has 0 spiro atoms. The summed E-state index contributed by atoms with van der Waals surface area (Å²) in [7, 11) is 0. The van der Waals surface area contributed by atoms with Gasteiger partial charge in [0.2, 0.25) is 0 Å². The Kier molecular flexibility index (Phi) is 4.90. The summed E-state index contributed by atoms with van der Waals surface area (Å²) in [6, 6.07) is 11.1. The number of rotatable bonds is 3. The summed E-state index contributed by atoms with van der Waals surface area (Å²) in [6.45, 7) is 0. The summed E-state index contributed by atoms with van der Waals surface area (Å²) in [5.74, 6) is -0.379. The molecule has 8 heteroatoms. The molecule has 1 aromatic carbocycles. The lowest BCUT2D eigenvalue weighted by Crippen LogP contribution is -2.11. The van der Waals surface area contributed by atoms with Crippen LogP contribution >= 0.6 is 11.6 Å². The van der Waals surface area contributed by atoms with Crippen molar-refractivity contribution in [1.82, 2.24) is 9.97 Å². The first-order valence-corrected chi connectivity index (χ1v) is 7.77. The molecule has 0 aliphatic rings. The number of nitrogens with one attached hydrogen (secondary N) is 1. The van der Waals surface area contributed by atoms with E-state index in [0.29, 0.717) is 16.8 Å². The molecular formula is C18H11ClF3N3O. The predicted octanol–water partition coefficient (Wildman–Crippen LogP) is 5.07. The van der Waals surface area contributed by atoms with Crippen molar-refractivity contribution in [3.05, 3.63) is 77.2 Å². The maximum Gasteiger partial charge on any atom is 0.416 e. The Morgan fingerprint density at radius 3 is 2.31 bits per heavy atom. The van der Waals surface area contributed by atoms with Gasteiger partial charge in [-0.3, -0.25) is 9.78 Å². The second kappa shape index (κ2) is 7.13. The molecule has 0 saturated heterocycles. The number of aromatic nitrogens is 2. The van der Waals surface area contributed by atoms with Crippen LogP contribution < -0.4 is 5.32 Å². The summed E-state index contributed by atoms with van der Waals surface area (Å²) in [5, 5.41) is 2.90. The molecule has 2 aromatic heterocycles. The van der Waals surface area contributed by atoms with E-state index >= 15 is 0 Å². The molecule has 0 fully saturated rings. The number of carbonyl (C=O) groups is 1. The molecule has 1 amide bonds. The number of pyridine rings is 2. The molecule has 0 aliphatic heterocycles. The van der Waals surface area contributed by atoms with Crippen LogP contribution in [0.2, 0.25) is 5.15 Å². The van der Waals surface area contributed by atoms with Crippen LogP contribution in [0.5, 0.6) is 0 Å². The normalized spacial score (nSPS) is 11.2. The van der Waals surface area contributed by atoms with Gasteiger partial charge in [0.1, 0.15) is 5.15 Å². The lowest BCUT2D eigenvalue weighted by molar-refractivity contribution is -0.137. The number of hydrogen-bond acceptors (Lipinski definition) is 3. The van der Waals surface area contributed by atoms with Crippen LogP contribution in [0.4, 0.5) is 18.9 Å². The van der Waals surface area contributed by atoms with Gasteiger partial charge in [0.05, 0.1) is 11.3 Å². The van der Waals surface area contributed by atoms with E-state index in [9.17, 15) is 18.0 Å². The number of hydrogen-bond donors (Lipinski definition) is 1. The Morgan fingerprint density at radius 2 is 1.65 bits per heavy atom. The van der Waals surface area contributed by atoms with Crippen LogP contribution in [0.1, 0.15) is 15.9 Å². The average Bonchev–Trinajstić information content (AvgIpc) is 2.61. The number of carbonyl (C=O) groups excluding carboxylic acids is 1. The molecule has 1 N–H and O–H groups in total.